The van der Waals surface area contributed by atoms with Gasteiger partial charge in [0, 0.05) is 17.9 Å². The summed E-state index contributed by atoms with van der Waals surface area (Å²) >= 11 is 6.69. The molecule has 174 valence electrons. The van der Waals surface area contributed by atoms with Gasteiger partial charge in [0.25, 0.3) is 0 Å². The second-order valence-electron chi connectivity index (χ2n) is 8.15. The van der Waals surface area contributed by atoms with E-state index in [1.165, 1.54) is 5.56 Å². The van der Waals surface area contributed by atoms with Crippen LogP contribution in [0.25, 0.3) is 0 Å². The number of nitrogens with zero attached hydrogens (tertiary/aromatic N) is 4. The van der Waals surface area contributed by atoms with Gasteiger partial charge in [-0.2, -0.15) is 0 Å². The van der Waals surface area contributed by atoms with Crippen LogP contribution in [-0.4, -0.2) is 28.7 Å². The summed E-state index contributed by atoms with van der Waals surface area (Å²) < 4.78 is 0. The minimum Gasteiger partial charge on any atom is -0.314 e. The average molecular weight is 455 g/mol. The first-order valence-electron chi connectivity index (χ1n) is 11.8. The summed E-state index contributed by atoms with van der Waals surface area (Å²) in [5.41, 5.74) is 4.40. The Morgan fingerprint density at radius 2 is 1.97 bits per heavy atom. The largest absolute Gasteiger partial charge is 0.314 e. The van der Waals surface area contributed by atoms with Crippen LogP contribution in [0.4, 0.5) is 5.69 Å². The van der Waals surface area contributed by atoms with Crippen LogP contribution in [0, 0.1) is 0 Å². The maximum absolute atomic E-state index is 6.69. The van der Waals surface area contributed by atoms with Gasteiger partial charge in [-0.1, -0.05) is 64.1 Å². The number of aryl methyl sites for hydroxylation is 1. The molecule has 0 N–H and O–H groups in total. The van der Waals surface area contributed by atoms with E-state index in [-0.39, 0.29) is 12.1 Å². The van der Waals surface area contributed by atoms with Gasteiger partial charge in [0.1, 0.15) is 11.0 Å². The second-order valence-corrected chi connectivity index (χ2v) is 8.51. The van der Waals surface area contributed by atoms with Crippen molar-refractivity contribution in [3.8, 4) is 0 Å². The molecule has 0 saturated carbocycles. The number of anilines is 1. The van der Waals surface area contributed by atoms with Gasteiger partial charge in [-0.05, 0) is 69.7 Å². The Morgan fingerprint density at radius 1 is 1.25 bits per heavy atom. The molecule has 0 aliphatic carbocycles. The zero-order chi connectivity index (χ0) is 23.8. The lowest BCUT2D eigenvalue weighted by Gasteiger charge is -2.45. The summed E-state index contributed by atoms with van der Waals surface area (Å²) in [5.74, 6) is 1.83. The minimum atomic E-state index is 0.0166. The Bertz CT molecular complexity index is 925. The third-order valence-corrected chi connectivity index (χ3v) is 6.45. The normalized spacial score (nSPS) is 22.5. The number of rotatable bonds is 8. The van der Waals surface area contributed by atoms with Crippen molar-refractivity contribution in [2.75, 3.05) is 4.90 Å². The zero-order valence-corrected chi connectivity index (χ0v) is 21.6. The monoisotopic (exact) mass is 454 g/mol. The van der Waals surface area contributed by atoms with Crippen molar-refractivity contribution in [3.05, 3.63) is 65.1 Å². The molecule has 2 atom stereocenters. The SMILES string of the molecule is C=CN1C(=CC)C(=NC(Cl)=C(C)CC)N(c2cccc(CC)c2)C(CC)C1=NC(C)CC. The Hall–Kier alpha value is -2.33. The Balaban J connectivity index is 2.87. The average Bonchev–Trinajstić information content (AvgIpc) is 2.82. The first kappa shape index (κ1) is 25.9. The molecule has 1 saturated heterocycles. The van der Waals surface area contributed by atoms with Crippen molar-refractivity contribution in [1.82, 2.24) is 4.90 Å². The van der Waals surface area contributed by atoms with E-state index in [9.17, 15) is 0 Å². The summed E-state index contributed by atoms with van der Waals surface area (Å²) in [5, 5.41) is 0.541. The van der Waals surface area contributed by atoms with Crippen LogP contribution in [0.2, 0.25) is 0 Å². The van der Waals surface area contributed by atoms with E-state index in [0.29, 0.717) is 5.16 Å². The van der Waals surface area contributed by atoms with Crippen molar-refractivity contribution in [2.24, 2.45) is 9.98 Å². The van der Waals surface area contributed by atoms with E-state index in [2.05, 4.69) is 81.3 Å². The molecule has 1 aromatic rings. The lowest BCUT2D eigenvalue weighted by molar-refractivity contribution is 0.592. The molecule has 32 heavy (non-hydrogen) atoms. The first-order valence-corrected chi connectivity index (χ1v) is 12.2. The molecule has 0 radical (unpaired) electrons. The predicted molar refractivity (Wildman–Crippen MR) is 142 cm³/mol. The topological polar surface area (TPSA) is 31.2 Å². The molecule has 0 aromatic heterocycles. The van der Waals surface area contributed by atoms with Crippen molar-refractivity contribution in [1.29, 1.82) is 0 Å². The quantitative estimate of drug-likeness (QED) is 0.377. The molecule has 1 aliphatic heterocycles. The number of hydrogen-bond donors (Lipinski definition) is 0. The van der Waals surface area contributed by atoms with Crippen molar-refractivity contribution >= 4 is 29.0 Å². The molecule has 1 heterocycles. The molecule has 0 amide bonds. The van der Waals surface area contributed by atoms with Crippen LogP contribution >= 0.6 is 11.6 Å². The fraction of sp³-hybridized carbons (Fsp3) is 0.481. The lowest BCUT2D eigenvalue weighted by Crippen LogP contribution is -2.57. The minimum absolute atomic E-state index is 0.0166. The predicted octanol–water partition coefficient (Wildman–Crippen LogP) is 7.67. The van der Waals surface area contributed by atoms with Crippen LogP contribution in [0.5, 0.6) is 0 Å². The molecule has 5 heteroatoms. The first-order chi connectivity index (χ1) is 15.4. The summed E-state index contributed by atoms with van der Waals surface area (Å²) in [4.78, 5) is 14.5. The van der Waals surface area contributed by atoms with Gasteiger partial charge in [0.15, 0.2) is 5.84 Å². The van der Waals surface area contributed by atoms with E-state index in [0.717, 1.165) is 54.3 Å². The fourth-order valence-corrected chi connectivity index (χ4v) is 3.96. The van der Waals surface area contributed by atoms with E-state index in [1.807, 2.05) is 20.0 Å². The van der Waals surface area contributed by atoms with Gasteiger partial charge >= 0.3 is 0 Å². The number of hydrogen-bond acceptors (Lipinski definition) is 2. The van der Waals surface area contributed by atoms with Gasteiger partial charge in [0.05, 0.1) is 11.7 Å². The molecule has 4 nitrogen and oxygen atoms in total. The van der Waals surface area contributed by atoms with E-state index in [1.54, 1.807) is 0 Å². The highest BCUT2D eigenvalue weighted by Crippen LogP contribution is 2.33. The number of halogens is 1. The van der Waals surface area contributed by atoms with Crippen LogP contribution in [0.3, 0.4) is 0 Å². The lowest BCUT2D eigenvalue weighted by atomic mass is 10.0. The van der Waals surface area contributed by atoms with Crippen molar-refractivity contribution < 1.29 is 0 Å². The molecular weight excluding hydrogens is 416 g/mol. The van der Waals surface area contributed by atoms with Crippen LogP contribution in [-0.2, 0) is 6.42 Å². The number of benzene rings is 1. The third kappa shape index (κ3) is 5.53. The number of piperazine rings is 1. The Kier molecular flexibility index (Phi) is 9.77. The molecular formula is C27H39ClN4. The van der Waals surface area contributed by atoms with Crippen LogP contribution in [0.1, 0.15) is 73.3 Å². The van der Waals surface area contributed by atoms with Gasteiger partial charge in [-0.25, -0.2) is 4.99 Å². The van der Waals surface area contributed by atoms with E-state index in [4.69, 9.17) is 21.6 Å². The Labute approximate surface area is 200 Å². The summed E-state index contributed by atoms with van der Waals surface area (Å²) in [7, 11) is 0. The molecule has 1 aromatic carbocycles. The summed E-state index contributed by atoms with van der Waals surface area (Å²) in [6, 6.07) is 8.92. The van der Waals surface area contributed by atoms with Gasteiger partial charge in [0.2, 0.25) is 0 Å². The highest BCUT2D eigenvalue weighted by molar-refractivity contribution is 6.31. The van der Waals surface area contributed by atoms with E-state index < -0.39 is 0 Å². The van der Waals surface area contributed by atoms with Crippen molar-refractivity contribution in [2.45, 2.75) is 86.2 Å². The fourth-order valence-electron chi connectivity index (χ4n) is 3.74. The molecule has 0 spiro atoms. The van der Waals surface area contributed by atoms with Gasteiger partial charge in [-0.3, -0.25) is 4.99 Å². The van der Waals surface area contributed by atoms with Gasteiger partial charge < -0.3 is 9.80 Å². The Morgan fingerprint density at radius 3 is 2.50 bits per heavy atom. The molecule has 1 aliphatic rings. The maximum Gasteiger partial charge on any atom is 0.159 e. The van der Waals surface area contributed by atoms with E-state index >= 15 is 0 Å². The number of aliphatic imine (C=N–C) groups is 2. The maximum atomic E-state index is 6.69. The molecule has 1 fully saturated rings. The molecule has 0 bridgehead atoms. The summed E-state index contributed by atoms with van der Waals surface area (Å²) in [6.07, 6.45) is 7.60. The van der Waals surface area contributed by atoms with Crippen LogP contribution < -0.4 is 4.90 Å². The second kappa shape index (κ2) is 12.1. The number of amidine groups is 2. The zero-order valence-electron chi connectivity index (χ0n) is 20.8. The third-order valence-electron chi connectivity index (χ3n) is 6.04. The highest BCUT2D eigenvalue weighted by atomic mass is 35.5. The number of allylic oxidation sites excluding steroid dienone is 2. The summed E-state index contributed by atoms with van der Waals surface area (Å²) in [6.45, 7) is 19.0. The molecule has 2 rings (SSSR count). The van der Waals surface area contributed by atoms with Gasteiger partial charge in [-0.15, -0.1) is 0 Å². The standard InChI is InChI=1S/C27H39ClN4/c1-9-19(7)25(28)30-27-23(12-4)31(14-6)26(29-20(8)10-2)24(13-5)32(27)22-17-15-16-21(11-3)18-22/h12,14-18,20,24H,6,9-11,13H2,1-5,7-8H3. The highest BCUT2D eigenvalue weighted by Gasteiger charge is 2.39. The van der Waals surface area contributed by atoms with Crippen molar-refractivity contribution in [3.63, 3.8) is 0 Å². The van der Waals surface area contributed by atoms with Crippen LogP contribution in [0.15, 0.2) is 69.5 Å². The molecule has 2 unspecified atom stereocenters. The smallest absolute Gasteiger partial charge is 0.159 e.